The number of carbonyl (C=O) groups is 2. The number of halogens is 1. The van der Waals surface area contributed by atoms with Crippen molar-refractivity contribution >= 4 is 11.9 Å². The third kappa shape index (κ3) is 3.23. The maximum atomic E-state index is 13.3. The quantitative estimate of drug-likeness (QED) is 0.831. The summed E-state index contributed by atoms with van der Waals surface area (Å²) in [7, 11) is 0. The first kappa shape index (κ1) is 18.5. The third-order valence-corrected chi connectivity index (χ3v) is 5.97. The van der Waals surface area contributed by atoms with Gasteiger partial charge in [-0.25, -0.2) is 4.39 Å². The number of carboxylic acids is 1. The Bertz CT molecular complexity index is 887. The largest absolute Gasteiger partial charge is 0.484 e. The number of hydrogen-bond donors (Lipinski definition) is 1. The molecule has 2 aliphatic heterocycles. The van der Waals surface area contributed by atoms with Gasteiger partial charge in [0, 0.05) is 18.2 Å². The molecule has 3 atom stereocenters. The average molecular weight is 383 g/mol. The summed E-state index contributed by atoms with van der Waals surface area (Å²) in [6.07, 6.45) is 2.34. The molecule has 2 heterocycles. The Morgan fingerprint density at radius 2 is 1.93 bits per heavy atom. The lowest BCUT2D eigenvalue weighted by Gasteiger charge is -2.33. The van der Waals surface area contributed by atoms with Gasteiger partial charge >= 0.3 is 5.97 Å². The summed E-state index contributed by atoms with van der Waals surface area (Å²) < 4.78 is 18.7. The number of fused-ring (bicyclic) bond motifs is 2. The fourth-order valence-corrected chi connectivity index (χ4v) is 4.79. The first-order valence-corrected chi connectivity index (χ1v) is 9.46. The lowest BCUT2D eigenvalue weighted by molar-refractivity contribution is -0.151. The Labute approximate surface area is 162 Å². The molecule has 1 amide bonds. The van der Waals surface area contributed by atoms with Crippen LogP contribution in [0.3, 0.4) is 0 Å². The van der Waals surface area contributed by atoms with E-state index in [0.29, 0.717) is 19.3 Å². The first-order valence-electron chi connectivity index (χ1n) is 9.46. The number of rotatable bonds is 6. The molecule has 0 aromatic heterocycles. The molecule has 2 bridgehead atoms. The summed E-state index contributed by atoms with van der Waals surface area (Å²) in [5, 5.41) is 10.1. The highest BCUT2D eigenvalue weighted by molar-refractivity contribution is 5.83. The van der Waals surface area contributed by atoms with Crippen LogP contribution in [-0.2, 0) is 16.0 Å². The number of aliphatic carboxylic acids is 1. The lowest BCUT2D eigenvalue weighted by Crippen LogP contribution is -2.47. The van der Waals surface area contributed by atoms with E-state index in [2.05, 4.69) is 0 Å². The lowest BCUT2D eigenvalue weighted by atomic mass is 9.70. The zero-order chi connectivity index (χ0) is 19.7. The van der Waals surface area contributed by atoms with Gasteiger partial charge in [-0.3, -0.25) is 9.59 Å². The number of nitrogens with zero attached hydrogens (tertiary/aromatic N) is 1. The predicted molar refractivity (Wildman–Crippen MR) is 100 cm³/mol. The van der Waals surface area contributed by atoms with E-state index in [4.69, 9.17) is 4.74 Å². The molecule has 2 aromatic rings. The molecule has 28 heavy (non-hydrogen) atoms. The van der Waals surface area contributed by atoms with Gasteiger partial charge in [0.15, 0.2) is 6.61 Å². The molecule has 4 rings (SSSR count). The highest BCUT2D eigenvalue weighted by Crippen LogP contribution is 2.51. The Morgan fingerprint density at radius 1 is 1.14 bits per heavy atom. The smallest absolute Gasteiger partial charge is 0.312 e. The van der Waals surface area contributed by atoms with Crippen LogP contribution in [0.2, 0.25) is 0 Å². The molecule has 146 valence electrons. The molecule has 2 saturated heterocycles. The van der Waals surface area contributed by atoms with E-state index in [-0.39, 0.29) is 30.3 Å². The number of carbonyl (C=O) groups excluding carboxylic acids is 1. The maximum absolute atomic E-state index is 13.3. The molecule has 0 radical (unpaired) electrons. The second-order valence-corrected chi connectivity index (χ2v) is 7.62. The van der Waals surface area contributed by atoms with Gasteiger partial charge in [0.2, 0.25) is 0 Å². The predicted octanol–water partition coefficient (Wildman–Crippen LogP) is 3.28. The van der Waals surface area contributed by atoms with E-state index in [1.807, 2.05) is 30.3 Å². The summed E-state index contributed by atoms with van der Waals surface area (Å²) in [5.74, 6) is -1.24. The molecule has 0 spiro atoms. The zero-order valence-corrected chi connectivity index (χ0v) is 15.4. The van der Waals surface area contributed by atoms with Gasteiger partial charge in [0.05, 0.1) is 5.41 Å². The van der Waals surface area contributed by atoms with Crippen molar-refractivity contribution in [2.24, 2.45) is 5.41 Å². The Hall–Kier alpha value is -2.89. The summed E-state index contributed by atoms with van der Waals surface area (Å²) in [4.78, 5) is 26.8. The monoisotopic (exact) mass is 383 g/mol. The van der Waals surface area contributed by atoms with Crippen molar-refractivity contribution in [1.82, 2.24) is 4.90 Å². The van der Waals surface area contributed by atoms with Gasteiger partial charge in [-0.1, -0.05) is 36.4 Å². The number of hydrogen-bond acceptors (Lipinski definition) is 3. The third-order valence-electron chi connectivity index (χ3n) is 5.97. The van der Waals surface area contributed by atoms with Crippen LogP contribution in [0.4, 0.5) is 4.39 Å². The fraction of sp³-hybridized carbons (Fsp3) is 0.364. The van der Waals surface area contributed by atoms with Crippen LogP contribution < -0.4 is 4.74 Å². The molecule has 0 unspecified atom stereocenters. The highest BCUT2D eigenvalue weighted by atomic mass is 19.1. The summed E-state index contributed by atoms with van der Waals surface area (Å²) in [5.41, 5.74) is -0.0143. The van der Waals surface area contributed by atoms with Crippen LogP contribution in [0.1, 0.15) is 24.8 Å². The van der Waals surface area contributed by atoms with E-state index in [0.717, 1.165) is 12.0 Å². The molecular formula is C22H22FNO4. The number of ether oxygens (including phenoxy) is 1. The van der Waals surface area contributed by atoms with E-state index in [9.17, 15) is 19.1 Å². The molecule has 1 N–H and O–H groups in total. The van der Waals surface area contributed by atoms with E-state index in [1.165, 1.54) is 18.2 Å². The van der Waals surface area contributed by atoms with Crippen LogP contribution >= 0.6 is 0 Å². The topological polar surface area (TPSA) is 66.8 Å². The van der Waals surface area contributed by atoms with Crippen molar-refractivity contribution in [2.45, 2.75) is 37.8 Å². The van der Waals surface area contributed by atoms with Gasteiger partial charge < -0.3 is 14.7 Å². The van der Waals surface area contributed by atoms with Gasteiger partial charge in [-0.15, -0.1) is 0 Å². The normalized spacial score (nSPS) is 25.7. The molecule has 2 fully saturated rings. The van der Waals surface area contributed by atoms with Crippen molar-refractivity contribution in [1.29, 1.82) is 0 Å². The molecule has 2 aromatic carbocycles. The fourth-order valence-electron chi connectivity index (χ4n) is 4.79. The first-order chi connectivity index (χ1) is 13.5. The Balaban J connectivity index is 1.51. The molecule has 0 saturated carbocycles. The summed E-state index contributed by atoms with van der Waals surface area (Å²) in [6.45, 7) is -0.225. The van der Waals surface area contributed by atoms with Crippen LogP contribution in [0.25, 0.3) is 0 Å². The minimum Gasteiger partial charge on any atom is -0.484 e. The van der Waals surface area contributed by atoms with Crippen molar-refractivity contribution < 1.29 is 23.8 Å². The average Bonchev–Trinajstić information content (AvgIpc) is 3.23. The van der Waals surface area contributed by atoms with Crippen LogP contribution in [0, 0.1) is 11.2 Å². The van der Waals surface area contributed by atoms with Crippen LogP contribution in [0.5, 0.6) is 5.75 Å². The van der Waals surface area contributed by atoms with E-state index >= 15 is 0 Å². The molecule has 5 nitrogen and oxygen atoms in total. The van der Waals surface area contributed by atoms with Gasteiger partial charge in [0.25, 0.3) is 5.91 Å². The second kappa shape index (κ2) is 7.26. The molecule has 0 aliphatic carbocycles. The number of amides is 1. The zero-order valence-electron chi connectivity index (χ0n) is 15.4. The second-order valence-electron chi connectivity index (χ2n) is 7.62. The van der Waals surface area contributed by atoms with Crippen molar-refractivity contribution in [3.63, 3.8) is 0 Å². The molecular weight excluding hydrogens is 361 g/mol. The summed E-state index contributed by atoms with van der Waals surface area (Å²) in [6, 6.07) is 14.7. The van der Waals surface area contributed by atoms with Gasteiger partial charge in [-0.2, -0.15) is 0 Å². The SMILES string of the molecule is O=C(COc1cccc(F)c1)N1[C@H]2CC[C@@H]1[C@](Cc1ccccc1)(C(=O)O)C2. The van der Waals surface area contributed by atoms with E-state index < -0.39 is 17.2 Å². The minimum atomic E-state index is -0.973. The van der Waals surface area contributed by atoms with Crippen molar-refractivity contribution in [3.8, 4) is 5.75 Å². The van der Waals surface area contributed by atoms with Gasteiger partial charge in [0.1, 0.15) is 11.6 Å². The Kier molecular flexibility index (Phi) is 4.79. The van der Waals surface area contributed by atoms with Crippen molar-refractivity contribution in [2.75, 3.05) is 6.61 Å². The van der Waals surface area contributed by atoms with E-state index in [1.54, 1.807) is 11.0 Å². The minimum absolute atomic E-state index is 0.0894. The molecule has 2 aliphatic rings. The van der Waals surface area contributed by atoms with Crippen LogP contribution in [-0.4, -0.2) is 40.6 Å². The Morgan fingerprint density at radius 3 is 2.64 bits per heavy atom. The van der Waals surface area contributed by atoms with Crippen molar-refractivity contribution in [3.05, 3.63) is 66.0 Å². The van der Waals surface area contributed by atoms with Gasteiger partial charge in [-0.05, 0) is 43.4 Å². The standard InChI is InChI=1S/C22H22FNO4/c23-16-7-4-8-18(11-16)28-14-20(25)24-17-9-10-19(24)22(13-17,21(26)27)12-15-5-2-1-3-6-15/h1-8,11,17,19H,9-10,12-14H2,(H,26,27)/t17-,19+,22+/m0/s1. The maximum Gasteiger partial charge on any atom is 0.312 e. The number of benzene rings is 2. The number of carboxylic acid groups (broad SMARTS) is 1. The highest BCUT2D eigenvalue weighted by Gasteiger charge is 2.61. The molecule has 6 heteroatoms. The van der Waals surface area contributed by atoms with Crippen LogP contribution in [0.15, 0.2) is 54.6 Å². The summed E-state index contributed by atoms with van der Waals surface area (Å²) >= 11 is 0.